The minimum atomic E-state index is -3.89. The van der Waals surface area contributed by atoms with Gasteiger partial charge in [0.1, 0.15) is 16.7 Å². The van der Waals surface area contributed by atoms with Crippen LogP contribution < -0.4 is 4.90 Å². The fourth-order valence-electron chi connectivity index (χ4n) is 3.11. The Hall–Kier alpha value is -3.43. The maximum Gasteiger partial charge on any atom is 0.237 e. The van der Waals surface area contributed by atoms with Crippen molar-refractivity contribution in [3.05, 3.63) is 90.7 Å². The molecule has 4 aromatic rings. The van der Waals surface area contributed by atoms with Gasteiger partial charge in [0, 0.05) is 18.3 Å². The van der Waals surface area contributed by atoms with Gasteiger partial charge in [-0.2, -0.15) is 0 Å². The van der Waals surface area contributed by atoms with Crippen molar-refractivity contribution >= 4 is 33.2 Å². The smallest absolute Gasteiger partial charge is 0.237 e. The summed E-state index contributed by atoms with van der Waals surface area (Å²) < 4.78 is 39.8. The minimum Gasteiger partial charge on any atom is -0.328 e. The van der Waals surface area contributed by atoms with Crippen molar-refractivity contribution in [2.45, 2.75) is 14.9 Å². The van der Waals surface area contributed by atoms with Gasteiger partial charge in [0.15, 0.2) is 5.03 Å². The number of sulfone groups is 1. The van der Waals surface area contributed by atoms with Crippen LogP contribution in [0.5, 0.6) is 0 Å². The van der Waals surface area contributed by atoms with Crippen molar-refractivity contribution in [1.29, 1.82) is 0 Å². The summed E-state index contributed by atoms with van der Waals surface area (Å²) in [5, 5.41) is 0.147. The maximum atomic E-state index is 13.3. The molecule has 6 nitrogen and oxygen atoms in total. The quantitative estimate of drug-likeness (QED) is 0.383. The number of carbonyl (C=O) groups is 1. The molecule has 1 amide bonds. The fraction of sp³-hybridized carbons (Fsp3) is 0.0833. The zero-order chi connectivity index (χ0) is 23.4. The van der Waals surface area contributed by atoms with E-state index in [0.717, 1.165) is 17.3 Å². The second-order valence-corrected chi connectivity index (χ2v) is 9.97. The van der Waals surface area contributed by atoms with Crippen molar-refractivity contribution in [2.75, 3.05) is 17.7 Å². The number of nitrogens with one attached hydrogen (secondary N) is 1. The summed E-state index contributed by atoms with van der Waals surface area (Å²) in [4.78, 5) is 21.7. The van der Waals surface area contributed by atoms with Crippen LogP contribution in [-0.2, 0) is 14.6 Å². The summed E-state index contributed by atoms with van der Waals surface area (Å²) in [6.07, 6.45) is 0. The van der Waals surface area contributed by atoms with E-state index in [-0.39, 0.29) is 26.6 Å². The minimum absolute atomic E-state index is 0.0513. The SMILES string of the molecule is CN(C(=O)CSc1nc(-c2ccccc2)[nH]c1S(=O)(=O)c1ccccc1)c1ccc(F)cc1. The summed E-state index contributed by atoms with van der Waals surface area (Å²) in [5.74, 6) is -0.329. The Kier molecular flexibility index (Phi) is 6.62. The number of aromatic nitrogens is 2. The Morgan fingerprint density at radius 1 is 0.970 bits per heavy atom. The van der Waals surface area contributed by atoms with Gasteiger partial charge in [0.2, 0.25) is 15.7 Å². The van der Waals surface area contributed by atoms with Crippen LogP contribution in [0.3, 0.4) is 0 Å². The monoisotopic (exact) mass is 481 g/mol. The topological polar surface area (TPSA) is 83.1 Å². The molecule has 0 aliphatic rings. The van der Waals surface area contributed by atoms with Gasteiger partial charge < -0.3 is 9.88 Å². The lowest BCUT2D eigenvalue weighted by atomic mass is 10.2. The third-order valence-corrected chi connectivity index (χ3v) is 7.74. The first kappa shape index (κ1) is 22.8. The molecule has 1 aromatic heterocycles. The number of thioether (sulfide) groups is 1. The van der Waals surface area contributed by atoms with Crippen LogP contribution in [0.1, 0.15) is 0 Å². The average molecular weight is 482 g/mol. The lowest BCUT2D eigenvalue weighted by Crippen LogP contribution is -2.27. The molecule has 9 heteroatoms. The van der Waals surface area contributed by atoms with E-state index in [1.165, 1.54) is 41.3 Å². The van der Waals surface area contributed by atoms with E-state index < -0.39 is 15.7 Å². The molecule has 3 aromatic carbocycles. The Balaban J connectivity index is 1.64. The van der Waals surface area contributed by atoms with Gasteiger partial charge in [0.05, 0.1) is 10.6 Å². The molecule has 33 heavy (non-hydrogen) atoms. The predicted molar refractivity (Wildman–Crippen MR) is 126 cm³/mol. The number of H-pyrrole nitrogens is 1. The zero-order valence-electron chi connectivity index (χ0n) is 17.6. The number of aromatic amines is 1. The normalized spacial score (nSPS) is 11.3. The molecule has 0 atom stereocenters. The van der Waals surface area contributed by atoms with Gasteiger partial charge in [-0.1, -0.05) is 60.3 Å². The molecule has 0 bridgehead atoms. The molecular weight excluding hydrogens is 461 g/mol. The van der Waals surface area contributed by atoms with Crippen LogP contribution in [0.4, 0.5) is 10.1 Å². The molecule has 0 unspecified atom stereocenters. The molecule has 0 radical (unpaired) electrons. The molecule has 0 saturated heterocycles. The fourth-order valence-corrected chi connectivity index (χ4v) is 5.66. The Bertz CT molecular complexity index is 1360. The number of rotatable bonds is 7. The summed E-state index contributed by atoms with van der Waals surface area (Å²) in [6.45, 7) is 0. The molecule has 0 fully saturated rings. The average Bonchev–Trinajstić information content (AvgIpc) is 3.29. The van der Waals surface area contributed by atoms with E-state index in [4.69, 9.17) is 0 Å². The zero-order valence-corrected chi connectivity index (χ0v) is 19.2. The number of hydrogen-bond donors (Lipinski definition) is 1. The number of halogens is 1. The Morgan fingerprint density at radius 2 is 1.58 bits per heavy atom. The number of carbonyl (C=O) groups excluding carboxylic acids is 1. The highest BCUT2D eigenvalue weighted by atomic mass is 32.2. The number of hydrogen-bond acceptors (Lipinski definition) is 5. The van der Waals surface area contributed by atoms with E-state index in [2.05, 4.69) is 9.97 Å². The van der Waals surface area contributed by atoms with E-state index in [1.807, 2.05) is 30.3 Å². The van der Waals surface area contributed by atoms with Crippen LogP contribution >= 0.6 is 11.8 Å². The van der Waals surface area contributed by atoms with Gasteiger partial charge in [-0.25, -0.2) is 17.8 Å². The van der Waals surface area contributed by atoms with E-state index in [0.29, 0.717) is 11.5 Å². The summed E-state index contributed by atoms with van der Waals surface area (Å²) >= 11 is 1.03. The van der Waals surface area contributed by atoms with Gasteiger partial charge in [-0.05, 0) is 36.4 Å². The van der Waals surface area contributed by atoms with E-state index >= 15 is 0 Å². The Morgan fingerprint density at radius 3 is 2.21 bits per heavy atom. The second-order valence-electron chi connectivity index (χ2n) is 7.12. The van der Waals surface area contributed by atoms with E-state index in [9.17, 15) is 17.6 Å². The molecule has 0 aliphatic heterocycles. The van der Waals surface area contributed by atoms with Crippen LogP contribution in [-0.4, -0.2) is 37.1 Å². The number of imidazole rings is 1. The Labute approximate surface area is 195 Å². The van der Waals surface area contributed by atoms with Gasteiger partial charge in [-0.15, -0.1) is 0 Å². The maximum absolute atomic E-state index is 13.3. The number of nitrogens with zero attached hydrogens (tertiary/aromatic N) is 2. The van der Waals surface area contributed by atoms with Crippen molar-refractivity contribution in [1.82, 2.24) is 9.97 Å². The number of anilines is 1. The first-order valence-corrected chi connectivity index (χ1v) is 12.4. The van der Waals surface area contributed by atoms with Crippen LogP contribution in [0, 0.1) is 5.82 Å². The molecule has 1 N–H and O–H groups in total. The van der Waals surface area contributed by atoms with Crippen molar-refractivity contribution in [3.63, 3.8) is 0 Å². The molecule has 4 rings (SSSR count). The van der Waals surface area contributed by atoms with Gasteiger partial charge in [-0.3, -0.25) is 4.79 Å². The van der Waals surface area contributed by atoms with Crippen molar-refractivity contribution in [3.8, 4) is 11.4 Å². The van der Waals surface area contributed by atoms with Crippen molar-refractivity contribution < 1.29 is 17.6 Å². The third-order valence-electron chi connectivity index (χ3n) is 4.93. The number of amides is 1. The largest absolute Gasteiger partial charge is 0.328 e. The highest BCUT2D eigenvalue weighted by molar-refractivity contribution is 8.00. The highest BCUT2D eigenvalue weighted by Gasteiger charge is 2.27. The van der Waals surface area contributed by atoms with Crippen LogP contribution in [0.15, 0.2) is 99.9 Å². The first-order valence-electron chi connectivity index (χ1n) is 9.97. The number of benzene rings is 3. The van der Waals surface area contributed by atoms with Crippen molar-refractivity contribution in [2.24, 2.45) is 0 Å². The van der Waals surface area contributed by atoms with Gasteiger partial charge in [0.25, 0.3) is 0 Å². The van der Waals surface area contributed by atoms with Crippen LogP contribution in [0.2, 0.25) is 0 Å². The molecule has 0 aliphatic carbocycles. The van der Waals surface area contributed by atoms with E-state index in [1.54, 1.807) is 25.2 Å². The van der Waals surface area contributed by atoms with Crippen LogP contribution in [0.25, 0.3) is 11.4 Å². The molecular formula is C24H20FN3O3S2. The lowest BCUT2D eigenvalue weighted by Gasteiger charge is -2.16. The second kappa shape index (κ2) is 9.60. The first-order chi connectivity index (χ1) is 15.9. The molecule has 1 heterocycles. The molecule has 0 spiro atoms. The molecule has 168 valence electrons. The third kappa shape index (κ3) is 4.99. The standard InChI is InChI=1S/C24H20FN3O3S2/c1-28(19-14-12-18(25)13-15-19)21(29)16-32-23-24(33(30,31)20-10-6-3-7-11-20)27-22(26-23)17-8-4-2-5-9-17/h2-15H,16H2,1H3,(H,26,27). The molecule has 0 saturated carbocycles. The summed E-state index contributed by atoms with van der Waals surface area (Å²) in [6, 6.07) is 22.8. The van der Waals surface area contributed by atoms with Gasteiger partial charge >= 0.3 is 0 Å². The summed E-state index contributed by atoms with van der Waals surface area (Å²) in [7, 11) is -2.31. The predicted octanol–water partition coefficient (Wildman–Crippen LogP) is 4.80. The lowest BCUT2D eigenvalue weighted by molar-refractivity contribution is -0.115. The summed E-state index contributed by atoms with van der Waals surface area (Å²) in [5.41, 5.74) is 1.26. The highest BCUT2D eigenvalue weighted by Crippen LogP contribution is 2.32.